The van der Waals surface area contributed by atoms with E-state index in [1.54, 1.807) is 18.5 Å². The molecule has 3 amide bonds. The molecule has 9 heteroatoms. The van der Waals surface area contributed by atoms with Crippen LogP contribution < -0.4 is 10.6 Å². The quantitative estimate of drug-likeness (QED) is 0.543. The highest BCUT2D eigenvalue weighted by Crippen LogP contribution is 2.23. The van der Waals surface area contributed by atoms with Crippen molar-refractivity contribution in [3.05, 3.63) is 37.2 Å². The fourth-order valence-corrected chi connectivity index (χ4v) is 2.81. The minimum atomic E-state index is -0.491. The van der Waals surface area contributed by atoms with Gasteiger partial charge in [0.15, 0.2) is 11.0 Å². The largest absolute Gasteiger partial charge is 0.335 e. The van der Waals surface area contributed by atoms with Crippen LogP contribution >= 0.6 is 11.8 Å². The van der Waals surface area contributed by atoms with Crippen LogP contribution in [0.3, 0.4) is 0 Å². The second kappa shape index (κ2) is 9.71. The van der Waals surface area contributed by atoms with Crippen molar-refractivity contribution in [2.75, 3.05) is 5.75 Å². The molecule has 0 aliphatic carbocycles. The Morgan fingerprint density at radius 3 is 2.73 bits per heavy atom. The van der Waals surface area contributed by atoms with Crippen LogP contribution in [0.1, 0.15) is 20.3 Å². The van der Waals surface area contributed by atoms with Gasteiger partial charge in [-0.05, 0) is 25.5 Å². The van der Waals surface area contributed by atoms with Crippen molar-refractivity contribution >= 4 is 23.7 Å². The monoisotopic (exact) mass is 374 g/mol. The van der Waals surface area contributed by atoms with Gasteiger partial charge in [-0.2, -0.15) is 0 Å². The first kappa shape index (κ1) is 19.6. The van der Waals surface area contributed by atoms with E-state index in [1.165, 1.54) is 11.8 Å². The zero-order valence-corrected chi connectivity index (χ0v) is 15.6. The summed E-state index contributed by atoms with van der Waals surface area (Å²) in [6, 6.07) is 3.19. The molecule has 1 atom stereocenters. The number of thioether (sulfide) groups is 1. The maximum absolute atomic E-state index is 12.0. The number of nitrogens with zero attached hydrogens (tertiary/aromatic N) is 4. The predicted molar refractivity (Wildman–Crippen MR) is 101 cm³/mol. The highest BCUT2D eigenvalue weighted by Gasteiger charge is 2.16. The number of allylic oxidation sites excluding steroid dienone is 1. The molecule has 0 aliphatic rings. The van der Waals surface area contributed by atoms with E-state index in [9.17, 15) is 9.59 Å². The number of urea groups is 1. The number of imide groups is 1. The molecule has 0 saturated heterocycles. The average molecular weight is 374 g/mol. The molecule has 0 unspecified atom stereocenters. The molecule has 0 bridgehead atoms. The Morgan fingerprint density at radius 1 is 1.35 bits per heavy atom. The van der Waals surface area contributed by atoms with Gasteiger partial charge in [0.05, 0.1) is 5.75 Å². The summed E-state index contributed by atoms with van der Waals surface area (Å²) >= 11 is 1.21. The fraction of sp³-hybridized carbons (Fsp3) is 0.353. The van der Waals surface area contributed by atoms with E-state index >= 15 is 0 Å². The Bertz CT molecular complexity index is 762. The van der Waals surface area contributed by atoms with Crippen molar-refractivity contribution in [3.63, 3.8) is 0 Å². The maximum Gasteiger partial charge on any atom is 0.321 e. The molecular formula is C17H22N6O2S. The minimum absolute atomic E-state index is 0.00839. The maximum atomic E-state index is 12.0. The molecule has 0 fully saturated rings. The lowest BCUT2D eigenvalue weighted by atomic mass is 10.2. The van der Waals surface area contributed by atoms with E-state index in [0.29, 0.717) is 17.5 Å². The first-order chi connectivity index (χ1) is 12.5. The van der Waals surface area contributed by atoms with Crippen LogP contribution in [0.25, 0.3) is 11.4 Å². The molecule has 0 radical (unpaired) electrons. The van der Waals surface area contributed by atoms with Crippen LogP contribution in [0.15, 0.2) is 42.3 Å². The normalized spacial score (nSPS) is 11.6. The molecule has 2 heterocycles. The summed E-state index contributed by atoms with van der Waals surface area (Å²) in [5.41, 5.74) is 0.874. The SMILES string of the molecule is C=CCn1c(SCC(=O)NC(=O)N[C@H](C)CC)nnc1-c1ccncc1. The number of carbonyl (C=O) groups is 2. The van der Waals surface area contributed by atoms with Gasteiger partial charge in [0, 0.05) is 30.5 Å². The van der Waals surface area contributed by atoms with Gasteiger partial charge in [0.25, 0.3) is 0 Å². The van der Waals surface area contributed by atoms with Gasteiger partial charge in [0.1, 0.15) is 0 Å². The van der Waals surface area contributed by atoms with Gasteiger partial charge in [0.2, 0.25) is 5.91 Å². The smallest absolute Gasteiger partial charge is 0.321 e. The topological polar surface area (TPSA) is 102 Å². The standard InChI is InChI=1S/C17H22N6O2S/c1-4-10-23-15(13-6-8-18-9-7-13)21-22-17(23)26-11-14(24)20-16(25)19-12(3)5-2/h4,6-9,12H,1,5,10-11H2,2-3H3,(H2,19,20,24,25)/t12-/m1/s1. The number of pyridine rings is 1. The summed E-state index contributed by atoms with van der Waals surface area (Å²) in [5.74, 6) is 0.332. The number of aromatic nitrogens is 4. The van der Waals surface area contributed by atoms with E-state index in [1.807, 2.05) is 30.5 Å². The summed E-state index contributed by atoms with van der Waals surface area (Å²) in [5, 5.41) is 13.9. The molecule has 0 aliphatic heterocycles. The van der Waals surface area contributed by atoms with Crippen molar-refractivity contribution in [2.45, 2.75) is 38.0 Å². The lowest BCUT2D eigenvalue weighted by Crippen LogP contribution is -2.43. The van der Waals surface area contributed by atoms with Gasteiger partial charge in [-0.25, -0.2) is 4.79 Å². The van der Waals surface area contributed by atoms with Crippen LogP contribution in [-0.4, -0.2) is 43.5 Å². The van der Waals surface area contributed by atoms with Crippen molar-refractivity contribution in [3.8, 4) is 11.4 Å². The van der Waals surface area contributed by atoms with E-state index in [0.717, 1.165) is 12.0 Å². The average Bonchev–Trinajstić information content (AvgIpc) is 3.03. The lowest BCUT2D eigenvalue weighted by molar-refractivity contribution is -0.117. The second-order valence-electron chi connectivity index (χ2n) is 5.56. The van der Waals surface area contributed by atoms with Crippen molar-refractivity contribution in [1.29, 1.82) is 0 Å². The summed E-state index contributed by atoms with van der Waals surface area (Å²) in [7, 11) is 0. The molecule has 2 aromatic heterocycles. The predicted octanol–water partition coefficient (Wildman–Crippen LogP) is 2.24. The van der Waals surface area contributed by atoms with Crippen LogP contribution in [0.4, 0.5) is 4.79 Å². The van der Waals surface area contributed by atoms with Crippen LogP contribution in [-0.2, 0) is 11.3 Å². The molecule has 0 saturated carbocycles. The first-order valence-corrected chi connectivity index (χ1v) is 9.21. The highest BCUT2D eigenvalue weighted by molar-refractivity contribution is 7.99. The van der Waals surface area contributed by atoms with Crippen LogP contribution in [0.5, 0.6) is 0 Å². The number of carbonyl (C=O) groups excluding carboxylic acids is 2. The van der Waals surface area contributed by atoms with E-state index < -0.39 is 11.9 Å². The molecule has 2 N–H and O–H groups in total. The Kier molecular flexibility index (Phi) is 7.34. The molecule has 8 nitrogen and oxygen atoms in total. The molecule has 26 heavy (non-hydrogen) atoms. The number of hydrogen-bond donors (Lipinski definition) is 2. The third-order valence-electron chi connectivity index (χ3n) is 3.54. The Labute approximate surface area is 156 Å². The van der Waals surface area contributed by atoms with Gasteiger partial charge in [-0.15, -0.1) is 16.8 Å². The third kappa shape index (κ3) is 5.41. The Balaban J connectivity index is 2.01. The van der Waals surface area contributed by atoms with Gasteiger partial charge in [-0.3, -0.25) is 19.7 Å². The second-order valence-corrected chi connectivity index (χ2v) is 6.50. The van der Waals surface area contributed by atoms with E-state index in [-0.39, 0.29) is 11.8 Å². The van der Waals surface area contributed by atoms with E-state index in [4.69, 9.17) is 0 Å². The van der Waals surface area contributed by atoms with Gasteiger partial charge in [-0.1, -0.05) is 24.8 Å². The Hall–Kier alpha value is -2.68. The molecule has 2 aromatic rings. The molecule has 0 aromatic carbocycles. The number of hydrogen-bond acceptors (Lipinski definition) is 6. The highest BCUT2D eigenvalue weighted by atomic mass is 32.2. The Morgan fingerprint density at radius 2 is 2.08 bits per heavy atom. The molecular weight excluding hydrogens is 352 g/mol. The number of amides is 3. The molecule has 0 spiro atoms. The zero-order valence-electron chi connectivity index (χ0n) is 14.8. The van der Waals surface area contributed by atoms with Crippen molar-refractivity contribution in [1.82, 2.24) is 30.4 Å². The summed E-state index contributed by atoms with van der Waals surface area (Å²) < 4.78 is 1.86. The van der Waals surface area contributed by atoms with Gasteiger partial charge < -0.3 is 5.32 Å². The summed E-state index contributed by atoms with van der Waals surface area (Å²) in [6.45, 7) is 8.08. The first-order valence-electron chi connectivity index (χ1n) is 8.22. The lowest BCUT2D eigenvalue weighted by Gasteiger charge is -2.11. The molecule has 2 rings (SSSR count). The number of rotatable bonds is 8. The minimum Gasteiger partial charge on any atom is -0.335 e. The van der Waals surface area contributed by atoms with E-state index in [2.05, 4.69) is 32.4 Å². The van der Waals surface area contributed by atoms with Crippen LogP contribution in [0, 0.1) is 0 Å². The van der Waals surface area contributed by atoms with Crippen molar-refractivity contribution < 1.29 is 9.59 Å². The van der Waals surface area contributed by atoms with Crippen LogP contribution in [0.2, 0.25) is 0 Å². The fourth-order valence-electron chi connectivity index (χ4n) is 2.06. The zero-order chi connectivity index (χ0) is 18.9. The molecule has 138 valence electrons. The summed E-state index contributed by atoms with van der Waals surface area (Å²) in [6.07, 6.45) is 5.88. The van der Waals surface area contributed by atoms with Crippen molar-refractivity contribution in [2.24, 2.45) is 0 Å². The third-order valence-corrected chi connectivity index (χ3v) is 4.51. The number of nitrogens with one attached hydrogen (secondary N) is 2. The summed E-state index contributed by atoms with van der Waals surface area (Å²) in [4.78, 5) is 27.6. The van der Waals surface area contributed by atoms with Gasteiger partial charge >= 0.3 is 6.03 Å².